The Morgan fingerprint density at radius 3 is 2.72 bits per heavy atom. The average Bonchev–Trinajstić information content (AvgIpc) is 2.65. The first-order valence-corrected chi connectivity index (χ1v) is 6.83. The van der Waals surface area contributed by atoms with E-state index >= 15 is 0 Å². The second kappa shape index (κ2) is 5.73. The third kappa shape index (κ3) is 2.85. The highest BCUT2D eigenvalue weighted by molar-refractivity contribution is 7.99. The van der Waals surface area contributed by atoms with Crippen molar-refractivity contribution >= 4 is 23.4 Å². The van der Waals surface area contributed by atoms with Crippen LogP contribution < -0.4 is 5.73 Å². The van der Waals surface area contributed by atoms with E-state index in [2.05, 4.69) is 10.2 Å². The van der Waals surface area contributed by atoms with Crippen LogP contribution in [0.3, 0.4) is 0 Å². The number of rotatable bonds is 4. The summed E-state index contributed by atoms with van der Waals surface area (Å²) >= 11 is 7.76. The summed E-state index contributed by atoms with van der Waals surface area (Å²) < 4.78 is 1.95. The van der Waals surface area contributed by atoms with Crippen LogP contribution in [0.15, 0.2) is 28.3 Å². The molecule has 0 aliphatic carbocycles. The van der Waals surface area contributed by atoms with Crippen LogP contribution in [0.4, 0.5) is 0 Å². The Balaban J connectivity index is 2.20. The lowest BCUT2D eigenvalue weighted by molar-refractivity contribution is 0.765. The normalized spacial score (nSPS) is 10.9. The summed E-state index contributed by atoms with van der Waals surface area (Å²) in [4.78, 5) is 1.05. The summed E-state index contributed by atoms with van der Waals surface area (Å²) in [7, 11) is 1.95. The quantitative estimate of drug-likeness (QED) is 0.936. The van der Waals surface area contributed by atoms with Crippen LogP contribution in [-0.4, -0.2) is 21.3 Å². The van der Waals surface area contributed by atoms with Gasteiger partial charge in [-0.3, -0.25) is 0 Å². The predicted octanol–water partition coefficient (Wildman–Crippen LogP) is 2.43. The molecule has 0 saturated carbocycles. The molecule has 0 aliphatic heterocycles. The van der Waals surface area contributed by atoms with E-state index in [1.165, 1.54) is 0 Å². The smallest absolute Gasteiger partial charge is 0.195 e. The molecule has 1 heterocycles. The number of nitrogens with zero attached hydrogens (tertiary/aromatic N) is 3. The molecular weight excluding hydrogens is 268 g/mol. The molecule has 1 aromatic heterocycles. The zero-order valence-electron chi connectivity index (χ0n) is 10.4. The lowest BCUT2D eigenvalue weighted by Gasteiger charge is -2.06. The van der Waals surface area contributed by atoms with E-state index in [0.29, 0.717) is 6.54 Å². The highest BCUT2D eigenvalue weighted by Gasteiger charge is 2.08. The first kappa shape index (κ1) is 13.4. The van der Waals surface area contributed by atoms with Crippen molar-refractivity contribution in [2.45, 2.75) is 23.4 Å². The van der Waals surface area contributed by atoms with E-state index in [4.69, 9.17) is 17.3 Å². The van der Waals surface area contributed by atoms with Gasteiger partial charge >= 0.3 is 0 Å². The van der Waals surface area contributed by atoms with Gasteiger partial charge in [0, 0.05) is 17.0 Å². The topological polar surface area (TPSA) is 56.7 Å². The maximum Gasteiger partial charge on any atom is 0.195 e. The Morgan fingerprint density at radius 1 is 1.39 bits per heavy atom. The average molecular weight is 283 g/mol. The van der Waals surface area contributed by atoms with Gasteiger partial charge in [0.15, 0.2) is 5.16 Å². The highest BCUT2D eigenvalue weighted by Crippen LogP contribution is 2.29. The zero-order valence-corrected chi connectivity index (χ0v) is 11.9. The molecule has 0 atom stereocenters. The molecule has 6 heteroatoms. The number of hydrogen-bond donors (Lipinski definition) is 1. The van der Waals surface area contributed by atoms with Crippen molar-refractivity contribution in [2.75, 3.05) is 6.54 Å². The lowest BCUT2D eigenvalue weighted by atomic mass is 10.1. The van der Waals surface area contributed by atoms with E-state index in [9.17, 15) is 0 Å². The fourth-order valence-electron chi connectivity index (χ4n) is 1.53. The van der Waals surface area contributed by atoms with Crippen LogP contribution in [0.25, 0.3) is 0 Å². The summed E-state index contributed by atoms with van der Waals surface area (Å²) in [6, 6.07) is 5.99. The molecule has 2 rings (SSSR count). The minimum absolute atomic E-state index is 0.606. The fraction of sp³-hybridized carbons (Fsp3) is 0.333. The molecule has 18 heavy (non-hydrogen) atoms. The maximum atomic E-state index is 6.21. The van der Waals surface area contributed by atoms with Gasteiger partial charge in [-0.25, -0.2) is 0 Å². The van der Waals surface area contributed by atoms with E-state index in [-0.39, 0.29) is 0 Å². The molecule has 0 fully saturated rings. The van der Waals surface area contributed by atoms with Crippen molar-refractivity contribution in [2.24, 2.45) is 12.8 Å². The summed E-state index contributed by atoms with van der Waals surface area (Å²) in [5, 5.41) is 9.75. The molecule has 96 valence electrons. The molecule has 0 unspecified atom stereocenters. The maximum absolute atomic E-state index is 6.21. The van der Waals surface area contributed by atoms with Gasteiger partial charge < -0.3 is 10.3 Å². The molecule has 0 saturated heterocycles. The second-order valence-corrected chi connectivity index (χ2v) is 5.43. The monoisotopic (exact) mass is 282 g/mol. The third-order valence-corrected chi connectivity index (χ3v) is 4.08. The molecule has 0 spiro atoms. The van der Waals surface area contributed by atoms with Gasteiger partial charge in [-0.2, -0.15) is 0 Å². The molecule has 2 aromatic rings. The van der Waals surface area contributed by atoms with Crippen molar-refractivity contribution in [3.63, 3.8) is 0 Å². The van der Waals surface area contributed by atoms with Crippen LogP contribution in [0.1, 0.15) is 11.4 Å². The summed E-state index contributed by atoms with van der Waals surface area (Å²) in [6.45, 7) is 2.53. The number of hydrogen-bond acceptors (Lipinski definition) is 4. The SMILES string of the molecule is Cc1nnc(Sc2ccc(CCN)c(Cl)c2)n1C. The van der Waals surface area contributed by atoms with Crippen molar-refractivity contribution in [3.05, 3.63) is 34.6 Å². The predicted molar refractivity (Wildman–Crippen MR) is 74.1 cm³/mol. The number of halogens is 1. The van der Waals surface area contributed by atoms with Crippen molar-refractivity contribution in [1.29, 1.82) is 0 Å². The zero-order chi connectivity index (χ0) is 13.1. The minimum Gasteiger partial charge on any atom is -0.330 e. The Labute approximate surface area is 116 Å². The lowest BCUT2D eigenvalue weighted by Crippen LogP contribution is -2.03. The molecule has 0 radical (unpaired) electrons. The molecule has 4 nitrogen and oxygen atoms in total. The fourth-order valence-corrected chi connectivity index (χ4v) is 2.75. The Kier molecular flexibility index (Phi) is 4.27. The van der Waals surface area contributed by atoms with Crippen LogP contribution in [0.2, 0.25) is 5.02 Å². The van der Waals surface area contributed by atoms with Crippen LogP contribution in [0, 0.1) is 6.92 Å². The van der Waals surface area contributed by atoms with Gasteiger partial charge in [-0.05, 0) is 49.3 Å². The Bertz CT molecular complexity index is 553. The molecule has 0 amide bonds. The van der Waals surface area contributed by atoms with Crippen LogP contribution in [-0.2, 0) is 13.5 Å². The number of benzene rings is 1. The van der Waals surface area contributed by atoms with Crippen molar-refractivity contribution in [1.82, 2.24) is 14.8 Å². The van der Waals surface area contributed by atoms with Gasteiger partial charge in [-0.1, -0.05) is 17.7 Å². The van der Waals surface area contributed by atoms with Gasteiger partial charge in [0.2, 0.25) is 0 Å². The third-order valence-electron chi connectivity index (χ3n) is 2.70. The van der Waals surface area contributed by atoms with E-state index in [1.807, 2.05) is 36.7 Å². The van der Waals surface area contributed by atoms with Gasteiger partial charge in [0.1, 0.15) is 5.82 Å². The minimum atomic E-state index is 0.606. The first-order chi connectivity index (χ1) is 8.61. The summed E-state index contributed by atoms with van der Waals surface area (Å²) in [5.74, 6) is 0.892. The summed E-state index contributed by atoms with van der Waals surface area (Å²) in [6.07, 6.45) is 0.798. The summed E-state index contributed by atoms with van der Waals surface area (Å²) in [5.41, 5.74) is 6.61. The van der Waals surface area contributed by atoms with E-state index < -0.39 is 0 Å². The molecule has 0 bridgehead atoms. The first-order valence-electron chi connectivity index (χ1n) is 5.64. The van der Waals surface area contributed by atoms with E-state index in [0.717, 1.165) is 32.9 Å². The van der Waals surface area contributed by atoms with Gasteiger partial charge in [-0.15, -0.1) is 10.2 Å². The Hall–Kier alpha value is -1.04. The highest BCUT2D eigenvalue weighted by atomic mass is 35.5. The van der Waals surface area contributed by atoms with Crippen LogP contribution >= 0.6 is 23.4 Å². The van der Waals surface area contributed by atoms with E-state index in [1.54, 1.807) is 11.8 Å². The number of aromatic nitrogens is 3. The van der Waals surface area contributed by atoms with Crippen molar-refractivity contribution in [3.8, 4) is 0 Å². The molecule has 2 N–H and O–H groups in total. The molecular formula is C12H15ClN4S. The standard InChI is InChI=1S/C12H15ClN4S/c1-8-15-16-12(17(8)2)18-10-4-3-9(5-6-14)11(13)7-10/h3-4,7H,5-6,14H2,1-2H3. The van der Waals surface area contributed by atoms with Gasteiger partial charge in [0.25, 0.3) is 0 Å². The van der Waals surface area contributed by atoms with Gasteiger partial charge in [0.05, 0.1) is 0 Å². The number of aryl methyl sites for hydroxylation is 1. The Morgan fingerprint density at radius 2 is 2.17 bits per heavy atom. The number of nitrogens with two attached hydrogens (primary N) is 1. The van der Waals surface area contributed by atoms with Crippen LogP contribution in [0.5, 0.6) is 0 Å². The largest absolute Gasteiger partial charge is 0.330 e. The second-order valence-electron chi connectivity index (χ2n) is 3.98. The molecule has 1 aromatic carbocycles. The molecule has 0 aliphatic rings. The van der Waals surface area contributed by atoms with Crippen molar-refractivity contribution < 1.29 is 0 Å².